The van der Waals surface area contributed by atoms with Crippen LogP contribution in [0.1, 0.15) is 10.6 Å². The third kappa shape index (κ3) is 2.57. The Hall–Kier alpha value is -2.15. The lowest BCUT2D eigenvalue weighted by molar-refractivity contribution is -0.384. The van der Waals surface area contributed by atoms with Crippen LogP contribution in [0, 0.1) is 10.1 Å². The highest BCUT2D eigenvalue weighted by Crippen LogP contribution is 2.27. The average molecular weight is 311 g/mol. The smallest absolute Gasteiger partial charge is 0.291 e. The maximum atomic E-state index is 11.7. The van der Waals surface area contributed by atoms with Gasteiger partial charge in [0.05, 0.1) is 16.9 Å². The first-order chi connectivity index (χ1) is 8.58. The summed E-state index contributed by atoms with van der Waals surface area (Å²) >= 11 is 3.16. The Balaban J connectivity index is 2.20. The minimum Gasteiger partial charge on any atom is -0.459 e. The molecule has 1 heterocycles. The number of hydrogen-bond acceptors (Lipinski definition) is 4. The first kappa shape index (κ1) is 12.3. The molecule has 6 nitrogen and oxygen atoms in total. The zero-order valence-electron chi connectivity index (χ0n) is 8.92. The highest BCUT2D eigenvalue weighted by molar-refractivity contribution is 9.10. The highest BCUT2D eigenvalue weighted by Gasteiger charge is 2.13. The summed E-state index contributed by atoms with van der Waals surface area (Å²) in [4.78, 5) is 21.7. The fourth-order valence-corrected chi connectivity index (χ4v) is 1.78. The fraction of sp³-hybridized carbons (Fsp3) is 0. The Labute approximate surface area is 110 Å². The van der Waals surface area contributed by atoms with Gasteiger partial charge >= 0.3 is 0 Å². The second-order valence-electron chi connectivity index (χ2n) is 3.35. The van der Waals surface area contributed by atoms with Crippen molar-refractivity contribution in [1.29, 1.82) is 0 Å². The lowest BCUT2D eigenvalue weighted by Crippen LogP contribution is -2.11. The SMILES string of the molecule is O=C(Nc1ccc([N+](=O)[O-])cc1Br)c1ccco1. The second kappa shape index (κ2) is 5.01. The summed E-state index contributed by atoms with van der Waals surface area (Å²) in [7, 11) is 0. The monoisotopic (exact) mass is 310 g/mol. The minimum absolute atomic E-state index is 0.0575. The van der Waals surface area contributed by atoms with Crippen LogP contribution in [0.4, 0.5) is 11.4 Å². The van der Waals surface area contributed by atoms with Gasteiger partial charge in [-0.05, 0) is 34.1 Å². The molecule has 1 aromatic heterocycles. The number of carbonyl (C=O) groups excluding carboxylic acids is 1. The number of anilines is 1. The van der Waals surface area contributed by atoms with E-state index in [0.29, 0.717) is 10.2 Å². The maximum absolute atomic E-state index is 11.7. The Bertz CT molecular complexity index is 595. The molecule has 2 aromatic rings. The minimum atomic E-state index is -0.511. The Morgan fingerprint density at radius 2 is 2.17 bits per heavy atom. The van der Waals surface area contributed by atoms with E-state index in [1.54, 1.807) is 6.07 Å². The van der Waals surface area contributed by atoms with Gasteiger partial charge in [0.15, 0.2) is 5.76 Å². The number of carbonyl (C=O) groups is 1. The molecule has 0 saturated heterocycles. The van der Waals surface area contributed by atoms with E-state index in [9.17, 15) is 14.9 Å². The largest absolute Gasteiger partial charge is 0.459 e. The van der Waals surface area contributed by atoms with Crippen molar-refractivity contribution in [3.05, 3.63) is 56.9 Å². The van der Waals surface area contributed by atoms with E-state index in [2.05, 4.69) is 21.2 Å². The number of nitrogens with one attached hydrogen (secondary N) is 1. The van der Waals surface area contributed by atoms with Gasteiger partial charge in [-0.15, -0.1) is 0 Å². The van der Waals surface area contributed by atoms with Gasteiger partial charge in [0.25, 0.3) is 11.6 Å². The fourth-order valence-electron chi connectivity index (χ4n) is 1.31. The Morgan fingerprint density at radius 1 is 1.39 bits per heavy atom. The first-order valence-corrected chi connectivity index (χ1v) is 5.66. The van der Waals surface area contributed by atoms with Crippen LogP contribution in [0.25, 0.3) is 0 Å². The van der Waals surface area contributed by atoms with Gasteiger partial charge in [-0.1, -0.05) is 0 Å². The molecule has 0 spiro atoms. The number of benzene rings is 1. The summed E-state index contributed by atoms with van der Waals surface area (Å²) < 4.78 is 5.36. The molecule has 0 atom stereocenters. The zero-order chi connectivity index (χ0) is 13.1. The van der Waals surface area contributed by atoms with E-state index in [0.717, 1.165) is 0 Å². The van der Waals surface area contributed by atoms with Crippen molar-refractivity contribution in [3.8, 4) is 0 Å². The number of hydrogen-bond donors (Lipinski definition) is 1. The molecule has 0 radical (unpaired) electrons. The van der Waals surface area contributed by atoms with E-state index < -0.39 is 10.8 Å². The molecule has 0 aliphatic heterocycles. The van der Waals surface area contributed by atoms with E-state index in [1.807, 2.05) is 0 Å². The van der Waals surface area contributed by atoms with Gasteiger partial charge in [-0.3, -0.25) is 14.9 Å². The first-order valence-electron chi connectivity index (χ1n) is 4.87. The van der Waals surface area contributed by atoms with Gasteiger partial charge in [0.1, 0.15) is 0 Å². The molecule has 7 heteroatoms. The van der Waals surface area contributed by atoms with E-state index in [-0.39, 0.29) is 11.4 Å². The van der Waals surface area contributed by atoms with Crippen molar-refractivity contribution in [2.24, 2.45) is 0 Å². The van der Waals surface area contributed by atoms with Crippen molar-refractivity contribution < 1.29 is 14.1 Å². The summed E-state index contributed by atoms with van der Waals surface area (Å²) in [6.07, 6.45) is 1.39. The lowest BCUT2D eigenvalue weighted by Gasteiger charge is -2.05. The van der Waals surface area contributed by atoms with E-state index in [1.165, 1.54) is 30.5 Å². The molecule has 2 rings (SSSR count). The third-order valence-corrected chi connectivity index (χ3v) is 2.81. The molecule has 0 aliphatic rings. The molecule has 1 N–H and O–H groups in total. The number of halogens is 1. The van der Waals surface area contributed by atoms with Gasteiger partial charge in [-0.25, -0.2) is 0 Å². The number of nitro groups is 1. The summed E-state index contributed by atoms with van der Waals surface area (Å²) in [5.41, 5.74) is 0.375. The van der Waals surface area contributed by atoms with Gasteiger partial charge in [0.2, 0.25) is 0 Å². The normalized spacial score (nSPS) is 10.1. The standard InChI is InChI=1S/C11H7BrN2O4/c12-8-6-7(14(16)17)3-4-9(8)13-11(15)10-2-1-5-18-10/h1-6H,(H,13,15). The molecule has 1 aromatic carbocycles. The van der Waals surface area contributed by atoms with Crippen molar-refractivity contribution in [1.82, 2.24) is 0 Å². The van der Waals surface area contributed by atoms with Crippen molar-refractivity contribution in [3.63, 3.8) is 0 Å². The van der Waals surface area contributed by atoms with Crippen molar-refractivity contribution in [2.45, 2.75) is 0 Å². The number of furan rings is 1. The van der Waals surface area contributed by atoms with Crippen LogP contribution in [0.15, 0.2) is 45.5 Å². The number of nitro benzene ring substituents is 1. The van der Waals surface area contributed by atoms with Gasteiger partial charge < -0.3 is 9.73 Å². The highest BCUT2D eigenvalue weighted by atomic mass is 79.9. The van der Waals surface area contributed by atoms with Crippen molar-refractivity contribution >= 4 is 33.2 Å². The topological polar surface area (TPSA) is 85.4 Å². The number of rotatable bonds is 3. The van der Waals surface area contributed by atoms with Crippen LogP contribution in [-0.4, -0.2) is 10.8 Å². The van der Waals surface area contributed by atoms with Crippen LogP contribution in [0.3, 0.4) is 0 Å². The predicted octanol–water partition coefficient (Wildman–Crippen LogP) is 3.20. The van der Waals surface area contributed by atoms with E-state index in [4.69, 9.17) is 4.42 Å². The molecular weight excluding hydrogens is 304 g/mol. The molecule has 92 valence electrons. The van der Waals surface area contributed by atoms with Gasteiger partial charge in [0, 0.05) is 16.6 Å². The zero-order valence-corrected chi connectivity index (χ0v) is 10.5. The van der Waals surface area contributed by atoms with Crippen LogP contribution in [0.2, 0.25) is 0 Å². The van der Waals surface area contributed by atoms with Crippen LogP contribution < -0.4 is 5.32 Å². The molecule has 0 aliphatic carbocycles. The Kier molecular flexibility index (Phi) is 3.42. The maximum Gasteiger partial charge on any atom is 0.291 e. The Morgan fingerprint density at radius 3 is 2.72 bits per heavy atom. The average Bonchev–Trinajstić information content (AvgIpc) is 2.85. The lowest BCUT2D eigenvalue weighted by atomic mass is 10.3. The summed E-state index contributed by atoms with van der Waals surface area (Å²) in [5.74, 6) is -0.255. The predicted molar refractivity (Wildman–Crippen MR) is 67.5 cm³/mol. The third-order valence-electron chi connectivity index (χ3n) is 2.16. The summed E-state index contributed by atoms with van der Waals surface area (Å²) in [5, 5.41) is 13.1. The molecule has 18 heavy (non-hydrogen) atoms. The van der Waals surface area contributed by atoms with E-state index >= 15 is 0 Å². The molecule has 0 fully saturated rings. The number of nitrogens with zero attached hydrogens (tertiary/aromatic N) is 1. The molecular formula is C11H7BrN2O4. The summed E-state index contributed by atoms with van der Waals surface area (Å²) in [6.45, 7) is 0. The quantitative estimate of drug-likeness (QED) is 0.696. The van der Waals surface area contributed by atoms with Crippen LogP contribution >= 0.6 is 15.9 Å². The summed E-state index contributed by atoms with van der Waals surface area (Å²) in [6, 6.07) is 7.19. The van der Waals surface area contributed by atoms with Gasteiger partial charge in [-0.2, -0.15) is 0 Å². The molecule has 0 unspecified atom stereocenters. The van der Waals surface area contributed by atoms with Crippen LogP contribution in [0.5, 0.6) is 0 Å². The second-order valence-corrected chi connectivity index (χ2v) is 4.21. The molecule has 1 amide bonds. The van der Waals surface area contributed by atoms with Crippen LogP contribution in [-0.2, 0) is 0 Å². The number of amides is 1. The number of non-ortho nitro benzene ring substituents is 1. The molecule has 0 bridgehead atoms. The van der Waals surface area contributed by atoms with Crippen molar-refractivity contribution in [2.75, 3.05) is 5.32 Å². The molecule has 0 saturated carbocycles.